The van der Waals surface area contributed by atoms with Gasteiger partial charge in [-0.1, -0.05) is 18.2 Å². The number of nitrogens with zero attached hydrogens (tertiary/aromatic N) is 3. The maximum atomic E-state index is 5.83. The molecule has 0 radical (unpaired) electrons. The van der Waals surface area contributed by atoms with Gasteiger partial charge in [-0.05, 0) is 18.6 Å². The van der Waals surface area contributed by atoms with Gasteiger partial charge in [-0.3, -0.25) is 4.98 Å². The number of nitrogens with one attached hydrogen (secondary N) is 1. The molecule has 3 aromatic rings. The van der Waals surface area contributed by atoms with Crippen molar-refractivity contribution in [3.05, 3.63) is 48.4 Å². The Hall–Kier alpha value is -2.24. The van der Waals surface area contributed by atoms with Crippen molar-refractivity contribution >= 4 is 10.9 Å². The number of ether oxygens (including phenoxy) is 1. The molecule has 0 amide bonds. The molecule has 1 unspecified atom stereocenters. The number of rotatable bonds is 3. The van der Waals surface area contributed by atoms with Gasteiger partial charge >= 0.3 is 0 Å². The second kappa shape index (κ2) is 6.10. The third-order valence-electron chi connectivity index (χ3n) is 4.33. The molecule has 3 heterocycles. The smallest absolute Gasteiger partial charge is 0.140 e. The van der Waals surface area contributed by atoms with Gasteiger partial charge in [0.15, 0.2) is 0 Å². The van der Waals surface area contributed by atoms with Gasteiger partial charge in [0.1, 0.15) is 5.82 Å². The van der Waals surface area contributed by atoms with Gasteiger partial charge in [-0.15, -0.1) is 0 Å². The van der Waals surface area contributed by atoms with Crippen LogP contribution < -0.4 is 5.32 Å². The second-order valence-corrected chi connectivity index (χ2v) is 5.93. The van der Waals surface area contributed by atoms with Crippen LogP contribution in [-0.2, 0) is 11.3 Å². The molecule has 1 aliphatic heterocycles. The lowest BCUT2D eigenvalue weighted by molar-refractivity contribution is 0.0185. The maximum absolute atomic E-state index is 5.83. The van der Waals surface area contributed by atoms with E-state index in [1.165, 1.54) is 5.56 Å². The van der Waals surface area contributed by atoms with E-state index in [0.29, 0.717) is 0 Å². The van der Waals surface area contributed by atoms with Crippen molar-refractivity contribution < 1.29 is 4.74 Å². The molecule has 1 aliphatic rings. The number of aromatic nitrogens is 3. The van der Waals surface area contributed by atoms with Crippen molar-refractivity contribution in [2.75, 3.05) is 19.7 Å². The minimum atomic E-state index is 0.187. The van der Waals surface area contributed by atoms with Crippen molar-refractivity contribution in [2.24, 2.45) is 0 Å². The summed E-state index contributed by atoms with van der Waals surface area (Å²) in [5.41, 5.74) is 3.34. The molecule has 4 rings (SSSR count). The van der Waals surface area contributed by atoms with E-state index < -0.39 is 0 Å². The van der Waals surface area contributed by atoms with Crippen LogP contribution in [0, 0.1) is 6.92 Å². The first kappa shape index (κ1) is 14.4. The van der Waals surface area contributed by atoms with Gasteiger partial charge in [0.25, 0.3) is 0 Å². The summed E-state index contributed by atoms with van der Waals surface area (Å²) in [6.45, 7) is 5.48. The fourth-order valence-corrected chi connectivity index (χ4v) is 3.17. The van der Waals surface area contributed by atoms with Gasteiger partial charge in [0, 0.05) is 42.6 Å². The van der Waals surface area contributed by atoms with Gasteiger partial charge in [0.05, 0.1) is 24.8 Å². The van der Waals surface area contributed by atoms with Gasteiger partial charge < -0.3 is 14.6 Å². The van der Waals surface area contributed by atoms with Crippen LogP contribution in [0.15, 0.2) is 42.9 Å². The molecule has 23 heavy (non-hydrogen) atoms. The molecule has 1 fully saturated rings. The third kappa shape index (κ3) is 2.73. The lowest BCUT2D eigenvalue weighted by Gasteiger charge is -2.24. The SMILES string of the molecule is Cc1ccc(-c2nccn2CC2CNCCO2)c2cccnc12. The molecule has 5 heteroatoms. The van der Waals surface area contributed by atoms with Crippen molar-refractivity contribution in [3.8, 4) is 11.4 Å². The molecule has 0 saturated carbocycles. The number of aryl methyl sites for hydroxylation is 1. The predicted octanol–water partition coefficient (Wildman–Crippen LogP) is 2.40. The minimum Gasteiger partial charge on any atom is -0.374 e. The Morgan fingerprint density at radius 3 is 3.09 bits per heavy atom. The van der Waals surface area contributed by atoms with Crippen LogP contribution in [0.1, 0.15) is 5.56 Å². The van der Waals surface area contributed by atoms with E-state index in [1.54, 1.807) is 0 Å². The fraction of sp³-hybridized carbons (Fsp3) is 0.333. The number of benzene rings is 1. The van der Waals surface area contributed by atoms with Crippen LogP contribution >= 0.6 is 0 Å². The zero-order valence-electron chi connectivity index (χ0n) is 13.2. The second-order valence-electron chi connectivity index (χ2n) is 5.93. The normalized spacial score (nSPS) is 18.4. The molecule has 1 atom stereocenters. The molecule has 2 aromatic heterocycles. The Bertz CT molecular complexity index is 821. The Morgan fingerprint density at radius 1 is 1.26 bits per heavy atom. The van der Waals surface area contributed by atoms with Crippen LogP contribution in [0.5, 0.6) is 0 Å². The van der Waals surface area contributed by atoms with Crippen LogP contribution in [0.4, 0.5) is 0 Å². The van der Waals surface area contributed by atoms with E-state index in [9.17, 15) is 0 Å². The third-order valence-corrected chi connectivity index (χ3v) is 4.33. The van der Waals surface area contributed by atoms with E-state index in [-0.39, 0.29) is 6.10 Å². The fourth-order valence-electron chi connectivity index (χ4n) is 3.17. The highest BCUT2D eigenvalue weighted by Gasteiger charge is 2.17. The zero-order valence-corrected chi connectivity index (χ0v) is 13.2. The first-order valence-corrected chi connectivity index (χ1v) is 8.01. The summed E-state index contributed by atoms with van der Waals surface area (Å²) in [5, 5.41) is 4.52. The topological polar surface area (TPSA) is 52.0 Å². The Morgan fingerprint density at radius 2 is 2.22 bits per heavy atom. The first-order chi connectivity index (χ1) is 11.3. The molecule has 0 aliphatic carbocycles. The van der Waals surface area contributed by atoms with Crippen LogP contribution in [0.25, 0.3) is 22.3 Å². The molecule has 1 aromatic carbocycles. The van der Waals surface area contributed by atoms with E-state index in [1.807, 2.05) is 24.7 Å². The maximum Gasteiger partial charge on any atom is 0.140 e. The van der Waals surface area contributed by atoms with E-state index in [2.05, 4.69) is 45.0 Å². The Labute approximate surface area is 135 Å². The van der Waals surface area contributed by atoms with Crippen molar-refractivity contribution in [1.29, 1.82) is 0 Å². The molecule has 0 bridgehead atoms. The summed E-state index contributed by atoms with van der Waals surface area (Å²) in [6, 6.07) is 8.34. The lowest BCUT2D eigenvalue weighted by Crippen LogP contribution is -2.40. The van der Waals surface area contributed by atoms with Crippen LogP contribution in [0.2, 0.25) is 0 Å². The molecule has 118 valence electrons. The average molecular weight is 308 g/mol. The highest BCUT2D eigenvalue weighted by molar-refractivity contribution is 5.94. The van der Waals surface area contributed by atoms with Crippen molar-refractivity contribution in [1.82, 2.24) is 19.9 Å². The Balaban J connectivity index is 1.74. The largest absolute Gasteiger partial charge is 0.374 e. The molecular weight excluding hydrogens is 288 g/mol. The number of hydrogen-bond acceptors (Lipinski definition) is 4. The molecule has 0 spiro atoms. The van der Waals surface area contributed by atoms with E-state index in [0.717, 1.165) is 48.5 Å². The van der Waals surface area contributed by atoms with Gasteiger partial charge in [0.2, 0.25) is 0 Å². The highest BCUT2D eigenvalue weighted by Crippen LogP contribution is 2.28. The number of morpholine rings is 1. The predicted molar refractivity (Wildman–Crippen MR) is 90.3 cm³/mol. The summed E-state index contributed by atoms with van der Waals surface area (Å²) in [6.07, 6.45) is 5.90. The first-order valence-electron chi connectivity index (χ1n) is 8.01. The van der Waals surface area contributed by atoms with Gasteiger partial charge in [-0.2, -0.15) is 0 Å². The monoisotopic (exact) mass is 308 g/mol. The van der Waals surface area contributed by atoms with Crippen molar-refractivity contribution in [3.63, 3.8) is 0 Å². The minimum absolute atomic E-state index is 0.187. The highest BCUT2D eigenvalue weighted by atomic mass is 16.5. The summed E-state index contributed by atoms with van der Waals surface area (Å²) < 4.78 is 8.00. The molecular formula is C18H20N4O. The molecule has 1 N–H and O–H groups in total. The summed E-state index contributed by atoms with van der Waals surface area (Å²) >= 11 is 0. The number of fused-ring (bicyclic) bond motifs is 1. The molecule has 5 nitrogen and oxygen atoms in total. The van der Waals surface area contributed by atoms with Crippen LogP contribution in [0.3, 0.4) is 0 Å². The van der Waals surface area contributed by atoms with E-state index in [4.69, 9.17) is 4.74 Å². The zero-order chi connectivity index (χ0) is 15.6. The van der Waals surface area contributed by atoms with Gasteiger partial charge in [-0.25, -0.2) is 4.98 Å². The van der Waals surface area contributed by atoms with E-state index >= 15 is 0 Å². The lowest BCUT2D eigenvalue weighted by atomic mass is 10.0. The quantitative estimate of drug-likeness (QED) is 0.807. The Kier molecular flexibility index (Phi) is 3.81. The standard InChI is InChI=1S/C18H20N4O/c1-13-4-5-16(15-3-2-6-20-17(13)15)18-21-7-9-22(18)12-14-11-19-8-10-23-14/h2-7,9,14,19H,8,10-12H2,1H3. The summed E-state index contributed by atoms with van der Waals surface area (Å²) in [4.78, 5) is 9.12. The summed E-state index contributed by atoms with van der Waals surface area (Å²) in [7, 11) is 0. The summed E-state index contributed by atoms with van der Waals surface area (Å²) in [5.74, 6) is 0.970. The van der Waals surface area contributed by atoms with Crippen LogP contribution in [-0.4, -0.2) is 40.3 Å². The molecule has 1 saturated heterocycles. The number of imidazole rings is 1. The average Bonchev–Trinajstić information content (AvgIpc) is 3.04. The number of pyridine rings is 1. The van der Waals surface area contributed by atoms with Crippen molar-refractivity contribution in [2.45, 2.75) is 19.6 Å². The number of hydrogen-bond donors (Lipinski definition) is 1.